The lowest BCUT2D eigenvalue weighted by Gasteiger charge is -2.21. The SMILES string of the molecule is CCCCOc1ccc(NC(=S)NC(=O)CCC2CCCCC2)cc1. The summed E-state index contributed by atoms with van der Waals surface area (Å²) >= 11 is 5.23. The van der Waals surface area contributed by atoms with Crippen LogP contribution in [-0.2, 0) is 4.79 Å². The minimum absolute atomic E-state index is 0.00240. The average Bonchev–Trinajstić information content (AvgIpc) is 2.62. The van der Waals surface area contributed by atoms with Crippen LogP contribution in [0.4, 0.5) is 5.69 Å². The zero-order chi connectivity index (χ0) is 17.9. The highest BCUT2D eigenvalue weighted by Crippen LogP contribution is 2.27. The topological polar surface area (TPSA) is 50.4 Å². The van der Waals surface area contributed by atoms with Crippen LogP contribution in [0.1, 0.15) is 64.7 Å². The molecule has 4 nitrogen and oxygen atoms in total. The van der Waals surface area contributed by atoms with Gasteiger partial charge in [0.1, 0.15) is 5.75 Å². The van der Waals surface area contributed by atoms with E-state index in [2.05, 4.69) is 17.6 Å². The Hall–Kier alpha value is -1.62. The molecule has 0 atom stereocenters. The molecule has 1 aliphatic carbocycles. The zero-order valence-electron chi connectivity index (χ0n) is 15.2. The summed E-state index contributed by atoms with van der Waals surface area (Å²) in [4.78, 5) is 12.0. The summed E-state index contributed by atoms with van der Waals surface area (Å²) in [6.45, 7) is 2.87. The predicted molar refractivity (Wildman–Crippen MR) is 107 cm³/mol. The van der Waals surface area contributed by atoms with Crippen molar-refractivity contribution in [3.8, 4) is 5.75 Å². The number of nitrogens with one attached hydrogen (secondary N) is 2. The number of hydrogen-bond acceptors (Lipinski definition) is 3. The van der Waals surface area contributed by atoms with Crippen molar-refractivity contribution in [1.82, 2.24) is 5.32 Å². The highest BCUT2D eigenvalue weighted by Gasteiger charge is 2.15. The van der Waals surface area contributed by atoms with Crippen molar-refractivity contribution in [2.75, 3.05) is 11.9 Å². The molecule has 0 spiro atoms. The van der Waals surface area contributed by atoms with Gasteiger partial charge in [-0.2, -0.15) is 0 Å². The van der Waals surface area contributed by atoms with Crippen molar-refractivity contribution >= 4 is 28.9 Å². The minimum Gasteiger partial charge on any atom is -0.494 e. The summed E-state index contributed by atoms with van der Waals surface area (Å²) in [5.74, 6) is 1.56. The standard InChI is InChI=1S/C20H30N2O2S/c1-2-3-15-24-18-12-10-17(11-13-18)21-20(25)22-19(23)14-9-16-7-5-4-6-8-16/h10-13,16H,2-9,14-15H2,1H3,(H2,21,22,23,25). The fourth-order valence-corrected chi connectivity index (χ4v) is 3.36. The molecule has 2 rings (SSSR count). The number of amides is 1. The van der Waals surface area contributed by atoms with Gasteiger partial charge in [0.05, 0.1) is 6.61 Å². The van der Waals surface area contributed by atoms with Crippen LogP contribution >= 0.6 is 12.2 Å². The lowest BCUT2D eigenvalue weighted by atomic mass is 9.86. The molecule has 138 valence electrons. The first-order valence-corrected chi connectivity index (χ1v) is 9.92. The first-order chi connectivity index (χ1) is 12.2. The fraction of sp³-hybridized carbons (Fsp3) is 0.600. The molecule has 1 aromatic rings. The van der Waals surface area contributed by atoms with E-state index in [4.69, 9.17) is 17.0 Å². The maximum Gasteiger partial charge on any atom is 0.226 e. The van der Waals surface area contributed by atoms with Gasteiger partial charge < -0.3 is 15.4 Å². The number of carbonyl (C=O) groups is 1. The second-order valence-electron chi connectivity index (χ2n) is 6.77. The number of anilines is 1. The lowest BCUT2D eigenvalue weighted by Crippen LogP contribution is -2.34. The molecule has 1 fully saturated rings. The number of ether oxygens (including phenoxy) is 1. The second kappa shape index (κ2) is 11.1. The first-order valence-electron chi connectivity index (χ1n) is 9.51. The highest BCUT2D eigenvalue weighted by molar-refractivity contribution is 7.80. The molecule has 0 unspecified atom stereocenters. The number of benzene rings is 1. The summed E-state index contributed by atoms with van der Waals surface area (Å²) in [6.07, 6.45) is 10.2. The van der Waals surface area contributed by atoms with E-state index in [9.17, 15) is 4.79 Å². The Morgan fingerprint density at radius 1 is 1.20 bits per heavy atom. The largest absolute Gasteiger partial charge is 0.494 e. The van der Waals surface area contributed by atoms with Crippen molar-refractivity contribution in [2.45, 2.75) is 64.7 Å². The summed E-state index contributed by atoms with van der Waals surface area (Å²) in [5.41, 5.74) is 0.848. The molecule has 5 heteroatoms. The van der Waals surface area contributed by atoms with E-state index in [1.54, 1.807) is 0 Å². The molecular formula is C20H30N2O2S. The van der Waals surface area contributed by atoms with E-state index < -0.39 is 0 Å². The summed E-state index contributed by atoms with van der Waals surface area (Å²) in [5, 5.41) is 6.18. The fourth-order valence-electron chi connectivity index (χ4n) is 3.13. The van der Waals surface area contributed by atoms with Gasteiger partial charge in [0, 0.05) is 12.1 Å². The molecule has 0 bridgehead atoms. The smallest absolute Gasteiger partial charge is 0.226 e. The highest BCUT2D eigenvalue weighted by atomic mass is 32.1. The molecule has 0 radical (unpaired) electrons. The van der Waals surface area contributed by atoms with Gasteiger partial charge in [-0.05, 0) is 55.2 Å². The van der Waals surface area contributed by atoms with Crippen molar-refractivity contribution in [3.05, 3.63) is 24.3 Å². The van der Waals surface area contributed by atoms with Gasteiger partial charge in [0.2, 0.25) is 5.91 Å². The molecule has 0 aliphatic heterocycles. The third kappa shape index (κ3) is 7.86. The van der Waals surface area contributed by atoms with Crippen molar-refractivity contribution in [3.63, 3.8) is 0 Å². The molecule has 0 heterocycles. The van der Waals surface area contributed by atoms with E-state index >= 15 is 0 Å². The summed E-state index contributed by atoms with van der Waals surface area (Å²) in [6, 6.07) is 7.63. The number of thiocarbonyl (C=S) groups is 1. The Labute approximate surface area is 156 Å². The van der Waals surface area contributed by atoms with Crippen LogP contribution in [0.2, 0.25) is 0 Å². The number of carbonyl (C=O) groups excluding carboxylic acids is 1. The molecule has 2 N–H and O–H groups in total. The average molecular weight is 363 g/mol. The van der Waals surface area contributed by atoms with Crippen LogP contribution in [0, 0.1) is 5.92 Å². The molecule has 1 aliphatic rings. The Balaban J connectivity index is 1.67. The van der Waals surface area contributed by atoms with E-state index in [0.29, 0.717) is 17.5 Å². The van der Waals surface area contributed by atoms with Crippen LogP contribution in [0.3, 0.4) is 0 Å². The molecule has 0 saturated heterocycles. The van der Waals surface area contributed by atoms with Crippen molar-refractivity contribution in [1.29, 1.82) is 0 Å². The van der Waals surface area contributed by atoms with Gasteiger partial charge in [0.25, 0.3) is 0 Å². The number of unbranched alkanes of at least 4 members (excludes halogenated alkanes) is 1. The zero-order valence-corrected chi connectivity index (χ0v) is 16.0. The van der Waals surface area contributed by atoms with Gasteiger partial charge in [-0.3, -0.25) is 4.79 Å². The van der Waals surface area contributed by atoms with E-state index in [1.807, 2.05) is 24.3 Å². The third-order valence-electron chi connectivity index (χ3n) is 4.64. The second-order valence-corrected chi connectivity index (χ2v) is 7.18. The van der Waals surface area contributed by atoms with Gasteiger partial charge >= 0.3 is 0 Å². The molecule has 25 heavy (non-hydrogen) atoms. The Kier molecular flexibility index (Phi) is 8.73. The Bertz CT molecular complexity index is 539. The normalized spacial score (nSPS) is 14.8. The van der Waals surface area contributed by atoms with E-state index in [0.717, 1.165) is 37.3 Å². The molecule has 1 aromatic carbocycles. The van der Waals surface area contributed by atoms with Crippen LogP contribution in [0.15, 0.2) is 24.3 Å². The maximum atomic E-state index is 12.0. The molecular weight excluding hydrogens is 332 g/mol. The molecule has 0 aromatic heterocycles. The molecule has 1 saturated carbocycles. The van der Waals surface area contributed by atoms with Crippen LogP contribution in [0.5, 0.6) is 5.75 Å². The number of rotatable bonds is 8. The quantitative estimate of drug-likeness (QED) is 0.502. The van der Waals surface area contributed by atoms with Gasteiger partial charge in [-0.1, -0.05) is 45.4 Å². The number of hydrogen-bond donors (Lipinski definition) is 2. The van der Waals surface area contributed by atoms with Gasteiger partial charge in [-0.25, -0.2) is 0 Å². The summed E-state index contributed by atoms with van der Waals surface area (Å²) < 4.78 is 5.63. The maximum absolute atomic E-state index is 12.0. The van der Waals surface area contributed by atoms with E-state index in [1.165, 1.54) is 32.1 Å². The monoisotopic (exact) mass is 362 g/mol. The van der Waals surface area contributed by atoms with Crippen molar-refractivity contribution in [2.24, 2.45) is 5.92 Å². The third-order valence-corrected chi connectivity index (χ3v) is 4.84. The summed E-state index contributed by atoms with van der Waals surface area (Å²) in [7, 11) is 0. The van der Waals surface area contributed by atoms with Crippen molar-refractivity contribution < 1.29 is 9.53 Å². The predicted octanol–water partition coefficient (Wildman–Crippen LogP) is 5.04. The lowest BCUT2D eigenvalue weighted by molar-refractivity contribution is -0.120. The molecule has 1 amide bonds. The van der Waals surface area contributed by atoms with Gasteiger partial charge in [0.15, 0.2) is 5.11 Å². The van der Waals surface area contributed by atoms with Gasteiger partial charge in [-0.15, -0.1) is 0 Å². The first kappa shape index (κ1) is 19.7. The minimum atomic E-state index is 0.00240. The van der Waals surface area contributed by atoms with Crippen LogP contribution in [-0.4, -0.2) is 17.6 Å². The Morgan fingerprint density at radius 3 is 2.60 bits per heavy atom. The van der Waals surface area contributed by atoms with Crippen LogP contribution < -0.4 is 15.4 Å². The van der Waals surface area contributed by atoms with E-state index in [-0.39, 0.29) is 5.91 Å². The Morgan fingerprint density at radius 2 is 1.92 bits per heavy atom. The van der Waals surface area contributed by atoms with Crippen LogP contribution in [0.25, 0.3) is 0 Å².